The van der Waals surface area contributed by atoms with Crippen molar-refractivity contribution in [3.8, 4) is 5.75 Å². The van der Waals surface area contributed by atoms with Crippen molar-refractivity contribution >= 4 is 32.6 Å². The summed E-state index contributed by atoms with van der Waals surface area (Å²) in [5.41, 5.74) is 1.18. The van der Waals surface area contributed by atoms with E-state index >= 15 is 0 Å². The molecule has 1 N–H and O–H groups in total. The number of aromatic nitrogens is 1. The molecule has 3 aromatic rings. The number of halogens is 1. The van der Waals surface area contributed by atoms with Gasteiger partial charge in [0.1, 0.15) is 11.6 Å². The lowest BCUT2D eigenvalue weighted by Gasteiger charge is -2.00. The van der Waals surface area contributed by atoms with Gasteiger partial charge >= 0.3 is 0 Å². The number of hydrogen-bond donors (Lipinski definition) is 1. The van der Waals surface area contributed by atoms with Crippen molar-refractivity contribution < 1.29 is 13.9 Å². The van der Waals surface area contributed by atoms with Gasteiger partial charge in [-0.3, -0.25) is 10.1 Å². The van der Waals surface area contributed by atoms with Gasteiger partial charge in [-0.15, -0.1) is 0 Å². The van der Waals surface area contributed by atoms with Gasteiger partial charge in [0.15, 0.2) is 5.13 Å². The summed E-state index contributed by atoms with van der Waals surface area (Å²) in [5, 5.41) is 3.22. The first kappa shape index (κ1) is 14.5. The second-order valence-electron chi connectivity index (χ2n) is 4.54. The monoisotopic (exact) mass is 316 g/mol. The fourth-order valence-corrected chi connectivity index (χ4v) is 2.87. The Morgan fingerprint density at radius 3 is 2.77 bits per heavy atom. The largest absolute Gasteiger partial charge is 0.494 e. The molecule has 4 nitrogen and oxygen atoms in total. The SMILES string of the molecule is CCOc1ccc2nc(NC(=O)c3ccc(F)cc3)sc2c1. The topological polar surface area (TPSA) is 51.2 Å². The predicted octanol–water partition coefficient (Wildman–Crippen LogP) is 4.09. The van der Waals surface area contributed by atoms with Crippen LogP contribution in [-0.2, 0) is 0 Å². The number of anilines is 1. The summed E-state index contributed by atoms with van der Waals surface area (Å²) in [7, 11) is 0. The van der Waals surface area contributed by atoms with Crippen LogP contribution in [0.3, 0.4) is 0 Å². The van der Waals surface area contributed by atoms with Gasteiger partial charge in [0.2, 0.25) is 0 Å². The number of nitrogens with one attached hydrogen (secondary N) is 1. The first-order valence-corrected chi connectivity index (χ1v) is 7.57. The molecular formula is C16H13FN2O2S. The standard InChI is InChI=1S/C16H13FN2O2S/c1-2-21-12-7-8-13-14(9-12)22-16(18-13)19-15(20)10-3-5-11(17)6-4-10/h3-9H,2H2,1H3,(H,18,19,20). The fourth-order valence-electron chi connectivity index (χ4n) is 1.99. The Labute approximate surface area is 130 Å². The molecule has 0 saturated carbocycles. The van der Waals surface area contributed by atoms with E-state index in [4.69, 9.17) is 4.74 Å². The van der Waals surface area contributed by atoms with E-state index in [0.29, 0.717) is 17.3 Å². The second-order valence-corrected chi connectivity index (χ2v) is 5.57. The zero-order valence-electron chi connectivity index (χ0n) is 11.8. The molecule has 0 atom stereocenters. The van der Waals surface area contributed by atoms with E-state index in [-0.39, 0.29) is 11.7 Å². The molecule has 0 spiro atoms. The highest BCUT2D eigenvalue weighted by atomic mass is 32.1. The maximum atomic E-state index is 12.9. The van der Waals surface area contributed by atoms with E-state index in [1.54, 1.807) is 0 Å². The lowest BCUT2D eigenvalue weighted by Crippen LogP contribution is -2.11. The highest BCUT2D eigenvalue weighted by molar-refractivity contribution is 7.22. The maximum Gasteiger partial charge on any atom is 0.257 e. The normalized spacial score (nSPS) is 10.6. The summed E-state index contributed by atoms with van der Waals surface area (Å²) in [6, 6.07) is 11.0. The van der Waals surface area contributed by atoms with Gasteiger partial charge in [-0.2, -0.15) is 0 Å². The zero-order valence-corrected chi connectivity index (χ0v) is 12.6. The third-order valence-electron chi connectivity index (χ3n) is 3.00. The van der Waals surface area contributed by atoms with Gasteiger partial charge in [0.25, 0.3) is 5.91 Å². The van der Waals surface area contributed by atoms with E-state index in [0.717, 1.165) is 16.0 Å². The minimum atomic E-state index is -0.375. The number of amides is 1. The van der Waals surface area contributed by atoms with Gasteiger partial charge in [0.05, 0.1) is 16.8 Å². The average molecular weight is 316 g/mol. The van der Waals surface area contributed by atoms with Crippen LogP contribution in [0.4, 0.5) is 9.52 Å². The van der Waals surface area contributed by atoms with Gasteiger partial charge in [-0.25, -0.2) is 9.37 Å². The Balaban J connectivity index is 1.81. The molecular weight excluding hydrogens is 303 g/mol. The predicted molar refractivity (Wildman–Crippen MR) is 85.1 cm³/mol. The highest BCUT2D eigenvalue weighted by Crippen LogP contribution is 2.29. The number of hydrogen-bond acceptors (Lipinski definition) is 4. The van der Waals surface area contributed by atoms with Gasteiger partial charge in [0, 0.05) is 5.56 Å². The third-order valence-corrected chi connectivity index (χ3v) is 3.93. The smallest absolute Gasteiger partial charge is 0.257 e. The van der Waals surface area contributed by atoms with E-state index < -0.39 is 0 Å². The van der Waals surface area contributed by atoms with Gasteiger partial charge in [-0.05, 0) is 49.4 Å². The molecule has 0 aliphatic carbocycles. The molecule has 6 heteroatoms. The maximum absolute atomic E-state index is 12.9. The average Bonchev–Trinajstić information content (AvgIpc) is 2.89. The number of carbonyl (C=O) groups is 1. The first-order chi connectivity index (χ1) is 10.7. The molecule has 1 aromatic heterocycles. The number of fused-ring (bicyclic) bond motifs is 1. The molecule has 0 aliphatic heterocycles. The van der Waals surface area contributed by atoms with Crippen molar-refractivity contribution in [2.45, 2.75) is 6.92 Å². The molecule has 3 rings (SSSR count). The molecule has 0 fully saturated rings. The summed E-state index contributed by atoms with van der Waals surface area (Å²) in [6.45, 7) is 2.52. The van der Waals surface area contributed by atoms with Crippen LogP contribution in [0.2, 0.25) is 0 Å². The lowest BCUT2D eigenvalue weighted by molar-refractivity contribution is 0.102. The summed E-state index contributed by atoms with van der Waals surface area (Å²) in [6.07, 6.45) is 0. The minimum Gasteiger partial charge on any atom is -0.494 e. The molecule has 0 saturated heterocycles. The molecule has 2 aromatic carbocycles. The van der Waals surface area contributed by atoms with Crippen molar-refractivity contribution in [3.05, 3.63) is 53.8 Å². The van der Waals surface area contributed by atoms with E-state index in [1.165, 1.54) is 35.6 Å². The lowest BCUT2D eigenvalue weighted by atomic mass is 10.2. The van der Waals surface area contributed by atoms with Crippen LogP contribution in [0.5, 0.6) is 5.75 Å². The van der Waals surface area contributed by atoms with Crippen LogP contribution in [-0.4, -0.2) is 17.5 Å². The molecule has 1 amide bonds. The van der Waals surface area contributed by atoms with E-state index in [1.807, 2.05) is 25.1 Å². The molecule has 0 bridgehead atoms. The Morgan fingerprint density at radius 2 is 2.05 bits per heavy atom. The Bertz CT molecular complexity index is 815. The third kappa shape index (κ3) is 3.07. The molecule has 0 unspecified atom stereocenters. The number of benzene rings is 2. The van der Waals surface area contributed by atoms with Crippen LogP contribution < -0.4 is 10.1 Å². The summed E-state index contributed by atoms with van der Waals surface area (Å²) in [5.74, 6) is 0.0825. The Hall–Kier alpha value is -2.47. The van der Waals surface area contributed by atoms with Crippen molar-refractivity contribution in [1.29, 1.82) is 0 Å². The van der Waals surface area contributed by atoms with Crippen molar-refractivity contribution in [2.75, 3.05) is 11.9 Å². The van der Waals surface area contributed by atoms with Crippen molar-refractivity contribution in [3.63, 3.8) is 0 Å². The number of carbonyl (C=O) groups excluding carboxylic acids is 1. The highest BCUT2D eigenvalue weighted by Gasteiger charge is 2.10. The Kier molecular flexibility index (Phi) is 4.02. The fraction of sp³-hybridized carbons (Fsp3) is 0.125. The van der Waals surface area contributed by atoms with Crippen LogP contribution in [0, 0.1) is 5.82 Å². The van der Waals surface area contributed by atoms with Crippen LogP contribution in [0.1, 0.15) is 17.3 Å². The van der Waals surface area contributed by atoms with Gasteiger partial charge in [-0.1, -0.05) is 11.3 Å². The van der Waals surface area contributed by atoms with Crippen LogP contribution in [0.25, 0.3) is 10.2 Å². The Morgan fingerprint density at radius 1 is 1.27 bits per heavy atom. The number of ether oxygens (including phenoxy) is 1. The van der Waals surface area contributed by atoms with Crippen molar-refractivity contribution in [1.82, 2.24) is 4.98 Å². The minimum absolute atomic E-state index is 0.316. The number of thiazole rings is 1. The quantitative estimate of drug-likeness (QED) is 0.789. The molecule has 112 valence electrons. The summed E-state index contributed by atoms with van der Waals surface area (Å²) < 4.78 is 19.2. The van der Waals surface area contributed by atoms with Crippen LogP contribution in [0.15, 0.2) is 42.5 Å². The summed E-state index contributed by atoms with van der Waals surface area (Å²) >= 11 is 1.37. The number of nitrogens with zero attached hydrogens (tertiary/aromatic N) is 1. The van der Waals surface area contributed by atoms with Gasteiger partial charge < -0.3 is 4.74 Å². The molecule has 0 aliphatic rings. The van der Waals surface area contributed by atoms with E-state index in [9.17, 15) is 9.18 Å². The van der Waals surface area contributed by atoms with E-state index in [2.05, 4.69) is 10.3 Å². The second kappa shape index (κ2) is 6.11. The molecule has 0 radical (unpaired) electrons. The summed E-state index contributed by atoms with van der Waals surface area (Å²) in [4.78, 5) is 16.4. The first-order valence-electron chi connectivity index (χ1n) is 6.76. The van der Waals surface area contributed by atoms with Crippen LogP contribution >= 0.6 is 11.3 Å². The van der Waals surface area contributed by atoms with Crippen molar-refractivity contribution in [2.24, 2.45) is 0 Å². The number of rotatable bonds is 4. The molecule has 1 heterocycles. The molecule has 22 heavy (non-hydrogen) atoms. The zero-order chi connectivity index (χ0) is 15.5.